The van der Waals surface area contributed by atoms with Crippen LogP contribution in [0, 0.1) is 0 Å². The minimum atomic E-state index is -4.00. The fourth-order valence-corrected chi connectivity index (χ4v) is 3.60. The van der Waals surface area contributed by atoms with Crippen molar-refractivity contribution in [2.45, 2.75) is 23.2 Å². The van der Waals surface area contributed by atoms with Gasteiger partial charge < -0.3 is 14.8 Å². The van der Waals surface area contributed by atoms with Crippen molar-refractivity contribution in [2.75, 3.05) is 20.3 Å². The maximum Gasteiger partial charge on any atom is 0.342 e. The maximum absolute atomic E-state index is 12.3. The summed E-state index contributed by atoms with van der Waals surface area (Å²) in [4.78, 5) is 24.2. The molecule has 2 aromatic carbocycles. The highest BCUT2D eigenvalue weighted by molar-refractivity contribution is 7.89. The molecule has 29 heavy (non-hydrogen) atoms. The Hall–Kier alpha value is -2.91. The van der Waals surface area contributed by atoms with Crippen LogP contribution in [0.3, 0.4) is 0 Å². The number of sulfonamides is 1. The minimum absolute atomic E-state index is 0.0615. The normalized spacial score (nSPS) is 14.7. The molecular weight excluding hydrogens is 396 g/mol. The van der Waals surface area contributed by atoms with Gasteiger partial charge in [0.05, 0.1) is 12.0 Å². The molecule has 0 spiro atoms. The number of ether oxygens (including phenoxy) is 2. The van der Waals surface area contributed by atoms with Crippen molar-refractivity contribution in [3.05, 3.63) is 59.7 Å². The highest BCUT2D eigenvalue weighted by Crippen LogP contribution is 2.47. The first kappa shape index (κ1) is 20.8. The summed E-state index contributed by atoms with van der Waals surface area (Å²) in [7, 11) is -2.67. The zero-order valence-electron chi connectivity index (χ0n) is 15.9. The molecule has 0 heterocycles. The molecule has 1 aliphatic carbocycles. The van der Waals surface area contributed by atoms with Crippen molar-refractivity contribution < 1.29 is 27.5 Å². The molecule has 0 unspecified atom stereocenters. The van der Waals surface area contributed by atoms with Crippen molar-refractivity contribution in [3.63, 3.8) is 0 Å². The molecular formula is C20H22N2O6S. The molecule has 1 saturated carbocycles. The van der Waals surface area contributed by atoms with Gasteiger partial charge in [-0.25, -0.2) is 18.4 Å². The van der Waals surface area contributed by atoms with E-state index in [1.165, 1.54) is 24.8 Å². The van der Waals surface area contributed by atoms with Crippen LogP contribution in [0.25, 0.3) is 0 Å². The van der Waals surface area contributed by atoms with E-state index in [0.717, 1.165) is 18.9 Å². The van der Waals surface area contributed by atoms with Crippen LogP contribution in [-0.4, -0.2) is 40.6 Å². The first-order valence-electron chi connectivity index (χ1n) is 8.95. The molecule has 1 aliphatic rings. The van der Waals surface area contributed by atoms with E-state index >= 15 is 0 Å². The van der Waals surface area contributed by atoms with Crippen LogP contribution in [0.5, 0.6) is 5.75 Å². The predicted molar refractivity (Wildman–Crippen MR) is 105 cm³/mol. The van der Waals surface area contributed by atoms with Gasteiger partial charge >= 0.3 is 5.97 Å². The van der Waals surface area contributed by atoms with Crippen molar-refractivity contribution in [3.8, 4) is 5.75 Å². The smallest absolute Gasteiger partial charge is 0.342 e. The molecule has 0 aliphatic heterocycles. The van der Waals surface area contributed by atoms with Crippen LogP contribution >= 0.6 is 0 Å². The fraction of sp³-hybridized carbons (Fsp3) is 0.300. The van der Waals surface area contributed by atoms with Gasteiger partial charge in [-0.3, -0.25) is 4.79 Å². The number of hydrogen-bond donors (Lipinski definition) is 2. The number of amides is 1. The molecule has 1 fully saturated rings. The summed E-state index contributed by atoms with van der Waals surface area (Å²) >= 11 is 0. The third-order valence-electron chi connectivity index (χ3n) is 4.92. The Morgan fingerprint density at radius 2 is 1.83 bits per heavy atom. The standard InChI is InChI=1S/C20H22N2O6S/c1-27-17-8-7-15(29(21,25)26)11-16(17)19(24)28-12-18(23)22-13-20(9-10-20)14-5-3-2-4-6-14/h2-8,11H,9-10,12-13H2,1H3,(H,22,23)(H2,21,25,26). The first-order chi connectivity index (χ1) is 13.7. The number of hydrogen-bond acceptors (Lipinski definition) is 6. The van der Waals surface area contributed by atoms with Gasteiger partial charge in [-0.15, -0.1) is 0 Å². The molecule has 1 amide bonds. The second kappa shape index (κ2) is 8.22. The molecule has 0 atom stereocenters. The second-order valence-electron chi connectivity index (χ2n) is 6.91. The Bertz CT molecular complexity index is 1020. The molecule has 0 saturated heterocycles. The molecule has 8 nitrogen and oxygen atoms in total. The van der Waals surface area contributed by atoms with E-state index in [4.69, 9.17) is 14.6 Å². The highest BCUT2D eigenvalue weighted by Gasteiger charge is 2.44. The summed E-state index contributed by atoms with van der Waals surface area (Å²) in [5.74, 6) is -1.21. The lowest BCUT2D eigenvalue weighted by atomic mass is 9.96. The van der Waals surface area contributed by atoms with Gasteiger partial charge in [0.2, 0.25) is 10.0 Å². The summed E-state index contributed by atoms with van der Waals surface area (Å²) in [6.45, 7) is -0.0376. The molecule has 154 valence electrons. The summed E-state index contributed by atoms with van der Waals surface area (Å²) in [6, 6.07) is 13.5. The number of esters is 1. The first-order valence-corrected chi connectivity index (χ1v) is 10.5. The summed E-state index contributed by atoms with van der Waals surface area (Å²) in [6.07, 6.45) is 1.96. The number of nitrogens with two attached hydrogens (primary N) is 1. The highest BCUT2D eigenvalue weighted by atomic mass is 32.2. The van der Waals surface area contributed by atoms with E-state index < -0.39 is 28.5 Å². The topological polar surface area (TPSA) is 125 Å². The van der Waals surface area contributed by atoms with Crippen LogP contribution in [0.1, 0.15) is 28.8 Å². The lowest BCUT2D eigenvalue weighted by Gasteiger charge is -2.16. The van der Waals surface area contributed by atoms with Crippen molar-refractivity contribution in [1.29, 1.82) is 0 Å². The lowest BCUT2D eigenvalue weighted by Crippen LogP contribution is -2.35. The predicted octanol–water partition coefficient (Wildman–Crippen LogP) is 1.35. The van der Waals surface area contributed by atoms with Crippen LogP contribution in [0.2, 0.25) is 0 Å². The molecule has 9 heteroatoms. The second-order valence-corrected chi connectivity index (χ2v) is 8.47. The molecule has 3 N–H and O–H groups in total. The molecule has 0 bridgehead atoms. The average molecular weight is 418 g/mol. The number of carbonyl (C=O) groups excluding carboxylic acids is 2. The van der Waals surface area contributed by atoms with Gasteiger partial charge in [-0.2, -0.15) is 0 Å². The van der Waals surface area contributed by atoms with Gasteiger partial charge in [0, 0.05) is 12.0 Å². The Kier molecular flexibility index (Phi) is 5.90. The van der Waals surface area contributed by atoms with Gasteiger partial charge in [0.1, 0.15) is 11.3 Å². The van der Waals surface area contributed by atoms with E-state index in [-0.39, 0.29) is 21.6 Å². The molecule has 0 radical (unpaired) electrons. The fourth-order valence-electron chi connectivity index (χ4n) is 3.06. The number of nitrogens with one attached hydrogen (secondary N) is 1. The number of carbonyl (C=O) groups is 2. The summed E-state index contributed by atoms with van der Waals surface area (Å²) in [5, 5.41) is 7.88. The van der Waals surface area contributed by atoms with Crippen LogP contribution in [0.15, 0.2) is 53.4 Å². The van der Waals surface area contributed by atoms with E-state index in [9.17, 15) is 18.0 Å². The number of rotatable bonds is 8. The Balaban J connectivity index is 1.59. The lowest BCUT2D eigenvalue weighted by molar-refractivity contribution is -0.124. The Labute approximate surface area is 169 Å². The van der Waals surface area contributed by atoms with Crippen LogP contribution < -0.4 is 15.2 Å². The van der Waals surface area contributed by atoms with Gasteiger partial charge in [-0.05, 0) is 36.6 Å². The monoisotopic (exact) mass is 418 g/mol. The number of benzene rings is 2. The average Bonchev–Trinajstić information content (AvgIpc) is 3.51. The van der Waals surface area contributed by atoms with Crippen molar-refractivity contribution >= 4 is 21.9 Å². The van der Waals surface area contributed by atoms with Crippen LogP contribution in [0.4, 0.5) is 0 Å². The van der Waals surface area contributed by atoms with Gasteiger partial charge in [-0.1, -0.05) is 30.3 Å². The van der Waals surface area contributed by atoms with Crippen LogP contribution in [-0.2, 0) is 25.0 Å². The molecule has 2 aromatic rings. The van der Waals surface area contributed by atoms with Crippen molar-refractivity contribution in [2.24, 2.45) is 5.14 Å². The van der Waals surface area contributed by atoms with Gasteiger partial charge in [0.25, 0.3) is 5.91 Å². The Morgan fingerprint density at radius 1 is 1.14 bits per heavy atom. The summed E-state index contributed by atoms with van der Waals surface area (Å²) < 4.78 is 33.1. The third kappa shape index (κ3) is 4.93. The number of primary sulfonamides is 1. The Morgan fingerprint density at radius 3 is 2.41 bits per heavy atom. The minimum Gasteiger partial charge on any atom is -0.496 e. The zero-order valence-corrected chi connectivity index (χ0v) is 16.7. The van der Waals surface area contributed by atoms with E-state index in [1.807, 2.05) is 30.3 Å². The largest absolute Gasteiger partial charge is 0.496 e. The molecule has 3 rings (SSSR count). The van der Waals surface area contributed by atoms with Crippen molar-refractivity contribution in [1.82, 2.24) is 5.32 Å². The number of methoxy groups -OCH3 is 1. The maximum atomic E-state index is 12.3. The SMILES string of the molecule is COc1ccc(S(N)(=O)=O)cc1C(=O)OCC(=O)NCC1(c2ccccc2)CC1. The molecule has 0 aromatic heterocycles. The van der Waals surface area contributed by atoms with Gasteiger partial charge in [0.15, 0.2) is 6.61 Å². The summed E-state index contributed by atoms with van der Waals surface area (Å²) in [5.41, 5.74) is 0.977. The van der Waals surface area contributed by atoms with E-state index in [0.29, 0.717) is 6.54 Å². The zero-order chi connectivity index (χ0) is 21.1. The van der Waals surface area contributed by atoms with E-state index in [1.54, 1.807) is 0 Å². The van der Waals surface area contributed by atoms with E-state index in [2.05, 4.69) is 5.32 Å². The quantitative estimate of drug-likeness (QED) is 0.624. The third-order valence-corrected chi connectivity index (χ3v) is 5.83.